The summed E-state index contributed by atoms with van der Waals surface area (Å²) in [6.07, 6.45) is 0. The van der Waals surface area contributed by atoms with Gasteiger partial charge in [0.1, 0.15) is 0 Å². The van der Waals surface area contributed by atoms with Crippen LogP contribution in [0.2, 0.25) is 0 Å². The predicted octanol–water partition coefficient (Wildman–Crippen LogP) is -0.393. The fourth-order valence-electron chi connectivity index (χ4n) is 0.505. The summed E-state index contributed by atoms with van der Waals surface area (Å²) in [4.78, 5) is 10.5. The van der Waals surface area contributed by atoms with Gasteiger partial charge in [-0.25, -0.2) is 0 Å². The molecule has 1 saturated heterocycles. The third kappa shape index (κ3) is 5.26. The third-order valence-corrected chi connectivity index (χ3v) is 0.929. The Hall–Kier alpha value is -0.610. The van der Waals surface area contributed by atoms with Gasteiger partial charge >= 0.3 is 0 Å². The lowest BCUT2D eigenvalue weighted by atomic mass is 10.7. The number of hydrogen-bond donors (Lipinski definition) is 1. The maximum atomic E-state index is 8.36. The van der Waals surface area contributed by atoms with E-state index in [1.54, 1.807) is 0 Å². The first kappa shape index (κ1) is 8.39. The molecule has 54 valence electrons. The summed E-state index contributed by atoms with van der Waals surface area (Å²) in [6.45, 7) is 2.58. The summed E-state index contributed by atoms with van der Waals surface area (Å²) in [7, 11) is 2.05. The summed E-state index contributed by atoms with van der Waals surface area (Å²) in [6, 6.07) is 0. The van der Waals surface area contributed by atoms with Crippen LogP contribution < -0.4 is 0 Å². The number of hydrogen-bond acceptors (Lipinski definition) is 3. The molecule has 0 aromatic carbocycles. The van der Waals surface area contributed by atoms with E-state index in [2.05, 4.69) is 4.90 Å². The van der Waals surface area contributed by atoms with Crippen molar-refractivity contribution in [1.29, 1.82) is 0 Å². The van der Waals surface area contributed by atoms with Crippen LogP contribution in [-0.4, -0.2) is 43.4 Å². The van der Waals surface area contributed by atoms with Crippen molar-refractivity contribution in [1.82, 2.24) is 4.90 Å². The molecular formula is C5H11NO3. The van der Waals surface area contributed by atoms with Gasteiger partial charge in [0.05, 0.1) is 13.3 Å². The van der Waals surface area contributed by atoms with Crippen molar-refractivity contribution in [3.05, 3.63) is 0 Å². The summed E-state index contributed by atoms with van der Waals surface area (Å²) in [5, 5.41) is 6.89. The largest absolute Gasteiger partial charge is 0.483 e. The summed E-state index contributed by atoms with van der Waals surface area (Å²) >= 11 is 0. The maximum absolute atomic E-state index is 8.36. The van der Waals surface area contributed by atoms with E-state index >= 15 is 0 Å². The van der Waals surface area contributed by atoms with Gasteiger partial charge < -0.3 is 9.84 Å². The first-order valence-electron chi connectivity index (χ1n) is 2.65. The normalized spacial score (nSPS) is 18.3. The molecule has 0 aromatic rings. The lowest BCUT2D eigenvalue weighted by molar-refractivity contribution is -0.122. The van der Waals surface area contributed by atoms with Gasteiger partial charge in [-0.1, -0.05) is 0 Å². The zero-order valence-corrected chi connectivity index (χ0v) is 5.41. The molecular weight excluding hydrogens is 122 g/mol. The van der Waals surface area contributed by atoms with Crippen LogP contribution in [0.1, 0.15) is 0 Å². The van der Waals surface area contributed by atoms with E-state index < -0.39 is 0 Å². The van der Waals surface area contributed by atoms with Crippen LogP contribution in [0.4, 0.5) is 0 Å². The summed E-state index contributed by atoms with van der Waals surface area (Å²) in [5.41, 5.74) is 0. The van der Waals surface area contributed by atoms with Gasteiger partial charge in [0.15, 0.2) is 0 Å². The summed E-state index contributed by atoms with van der Waals surface area (Å²) in [5.74, 6) is 0. The molecule has 0 aliphatic carbocycles. The molecule has 1 fully saturated rings. The van der Waals surface area contributed by atoms with Crippen LogP contribution in [0.5, 0.6) is 0 Å². The van der Waals surface area contributed by atoms with Gasteiger partial charge in [-0.15, -0.1) is 0 Å². The van der Waals surface area contributed by atoms with Crippen LogP contribution in [-0.2, 0) is 9.53 Å². The molecule has 0 spiro atoms. The molecule has 4 nitrogen and oxygen atoms in total. The Bertz CT molecular complexity index is 70.6. The fraction of sp³-hybridized carbons (Fsp3) is 0.800. The highest BCUT2D eigenvalue weighted by atomic mass is 16.5. The van der Waals surface area contributed by atoms with E-state index in [9.17, 15) is 0 Å². The Kier molecular flexibility index (Phi) is 5.15. The molecule has 0 unspecified atom stereocenters. The highest BCUT2D eigenvalue weighted by Crippen LogP contribution is 1.91. The van der Waals surface area contributed by atoms with Crippen molar-refractivity contribution < 1.29 is 14.6 Å². The highest BCUT2D eigenvalue weighted by Gasteiger charge is 2.03. The Labute approximate surface area is 54.0 Å². The zero-order chi connectivity index (χ0) is 7.11. The van der Waals surface area contributed by atoms with Gasteiger partial charge in [-0.2, -0.15) is 0 Å². The van der Waals surface area contributed by atoms with Gasteiger partial charge in [-0.3, -0.25) is 9.69 Å². The maximum Gasteiger partial charge on any atom is 0.290 e. The van der Waals surface area contributed by atoms with E-state index in [0.29, 0.717) is 0 Å². The van der Waals surface area contributed by atoms with E-state index in [4.69, 9.17) is 14.6 Å². The van der Waals surface area contributed by atoms with E-state index in [1.165, 1.54) is 0 Å². The molecule has 9 heavy (non-hydrogen) atoms. The van der Waals surface area contributed by atoms with E-state index in [0.717, 1.165) is 19.9 Å². The first-order valence-corrected chi connectivity index (χ1v) is 2.65. The molecule has 0 amide bonds. The standard InChI is InChI=1S/C4H9NO.CH2O2/c1-5-2-3-6-4-5;2-1-3/h2-4H2,1H3;1H,(H,2,3). The minimum Gasteiger partial charge on any atom is -0.483 e. The Morgan fingerprint density at radius 3 is 2.44 bits per heavy atom. The van der Waals surface area contributed by atoms with Crippen molar-refractivity contribution in [2.45, 2.75) is 0 Å². The monoisotopic (exact) mass is 133 g/mol. The SMILES string of the molecule is CN1CCOC1.O=CO. The Balaban J connectivity index is 0.000000187. The summed E-state index contributed by atoms with van der Waals surface area (Å²) < 4.78 is 4.98. The van der Waals surface area contributed by atoms with Crippen LogP contribution >= 0.6 is 0 Å². The average Bonchev–Trinajstić information content (AvgIpc) is 2.20. The van der Waals surface area contributed by atoms with Crippen molar-refractivity contribution in [2.24, 2.45) is 0 Å². The number of ether oxygens (including phenoxy) is 1. The van der Waals surface area contributed by atoms with E-state index in [-0.39, 0.29) is 6.47 Å². The van der Waals surface area contributed by atoms with Crippen molar-refractivity contribution in [3.8, 4) is 0 Å². The second-order valence-corrected chi connectivity index (χ2v) is 1.72. The smallest absolute Gasteiger partial charge is 0.290 e. The molecule has 4 heteroatoms. The minimum absolute atomic E-state index is 0.250. The number of carbonyl (C=O) groups is 1. The number of likely N-dealkylation sites (N-methyl/N-ethyl adjacent to an activating group) is 1. The second-order valence-electron chi connectivity index (χ2n) is 1.72. The lowest BCUT2D eigenvalue weighted by Crippen LogP contribution is -2.11. The number of rotatable bonds is 0. The van der Waals surface area contributed by atoms with Gasteiger partial charge in [0, 0.05) is 6.54 Å². The molecule has 1 heterocycles. The number of carboxylic acid groups (broad SMARTS) is 1. The van der Waals surface area contributed by atoms with E-state index in [1.807, 2.05) is 7.05 Å². The van der Waals surface area contributed by atoms with Crippen LogP contribution in [0.3, 0.4) is 0 Å². The molecule has 0 aromatic heterocycles. The molecule has 0 atom stereocenters. The number of nitrogens with zero attached hydrogens (tertiary/aromatic N) is 1. The lowest BCUT2D eigenvalue weighted by Gasteiger charge is -1.98. The highest BCUT2D eigenvalue weighted by molar-refractivity contribution is 5.32. The zero-order valence-electron chi connectivity index (χ0n) is 5.41. The van der Waals surface area contributed by atoms with Gasteiger partial charge in [0.25, 0.3) is 6.47 Å². The van der Waals surface area contributed by atoms with Crippen molar-refractivity contribution in [3.63, 3.8) is 0 Å². The van der Waals surface area contributed by atoms with Gasteiger partial charge in [0.2, 0.25) is 0 Å². The first-order chi connectivity index (χ1) is 4.31. The molecule has 0 radical (unpaired) electrons. The molecule has 1 aliphatic heterocycles. The molecule has 1 N–H and O–H groups in total. The molecule has 0 bridgehead atoms. The predicted molar refractivity (Wildman–Crippen MR) is 32.1 cm³/mol. The molecule has 1 rings (SSSR count). The van der Waals surface area contributed by atoms with Crippen molar-refractivity contribution in [2.75, 3.05) is 26.9 Å². The van der Waals surface area contributed by atoms with Crippen LogP contribution in [0, 0.1) is 0 Å². The quantitative estimate of drug-likeness (QED) is 0.457. The molecule has 1 aliphatic rings. The minimum atomic E-state index is -0.250. The fourth-order valence-corrected chi connectivity index (χ4v) is 0.505. The third-order valence-electron chi connectivity index (χ3n) is 0.929. The Morgan fingerprint density at radius 1 is 1.78 bits per heavy atom. The van der Waals surface area contributed by atoms with Crippen LogP contribution in [0.25, 0.3) is 0 Å². The van der Waals surface area contributed by atoms with Crippen LogP contribution in [0.15, 0.2) is 0 Å². The molecule has 0 saturated carbocycles. The van der Waals surface area contributed by atoms with Gasteiger partial charge in [-0.05, 0) is 7.05 Å². The van der Waals surface area contributed by atoms with Crippen molar-refractivity contribution >= 4 is 6.47 Å². The second kappa shape index (κ2) is 5.53. The Morgan fingerprint density at radius 2 is 2.33 bits per heavy atom. The average molecular weight is 133 g/mol. The topological polar surface area (TPSA) is 49.8 Å².